The highest BCUT2D eigenvalue weighted by Gasteiger charge is 2.12. The predicted molar refractivity (Wildman–Crippen MR) is 113 cm³/mol. The van der Waals surface area contributed by atoms with E-state index in [0.717, 1.165) is 11.1 Å². The van der Waals surface area contributed by atoms with Crippen LogP contribution in [0.2, 0.25) is 5.02 Å². The second kappa shape index (κ2) is 8.26. The highest BCUT2D eigenvalue weighted by atomic mass is 35.5. The summed E-state index contributed by atoms with van der Waals surface area (Å²) >= 11 is 7.55. The summed E-state index contributed by atoms with van der Waals surface area (Å²) in [6, 6.07) is 12.9. The number of aryl methyl sites for hydroxylation is 1. The van der Waals surface area contributed by atoms with Gasteiger partial charge >= 0.3 is 0 Å². The Kier molecular flexibility index (Phi) is 5.55. The molecule has 9 heteroatoms. The van der Waals surface area contributed by atoms with Gasteiger partial charge in [0, 0.05) is 7.05 Å². The number of hydrogen-bond acceptors (Lipinski definition) is 6. The SMILES string of the molecule is Cc1cccc2c(=O)[nH]c(CSc3nnc(COc4ccccc4Cl)n3C)nc12. The molecule has 0 radical (unpaired) electrons. The molecule has 0 saturated carbocycles. The fraction of sp³-hybridized carbons (Fsp3) is 0.200. The van der Waals surface area contributed by atoms with E-state index in [-0.39, 0.29) is 12.2 Å². The minimum Gasteiger partial charge on any atom is -0.484 e. The lowest BCUT2D eigenvalue weighted by Gasteiger charge is -2.08. The molecule has 4 aromatic rings. The van der Waals surface area contributed by atoms with E-state index in [1.165, 1.54) is 11.8 Å². The van der Waals surface area contributed by atoms with Crippen molar-refractivity contribution in [3.8, 4) is 5.75 Å². The molecule has 0 unspecified atom stereocenters. The molecular weight excluding hydrogens is 410 g/mol. The van der Waals surface area contributed by atoms with Gasteiger partial charge in [-0.05, 0) is 30.7 Å². The number of halogens is 1. The minimum absolute atomic E-state index is 0.138. The summed E-state index contributed by atoms with van der Waals surface area (Å²) in [4.78, 5) is 19.8. The molecule has 7 nitrogen and oxygen atoms in total. The van der Waals surface area contributed by atoms with Gasteiger partial charge in [0.25, 0.3) is 5.56 Å². The van der Waals surface area contributed by atoms with Gasteiger partial charge in [0.05, 0.1) is 21.7 Å². The number of nitrogens with zero attached hydrogens (tertiary/aromatic N) is 4. The van der Waals surface area contributed by atoms with Crippen molar-refractivity contribution >= 4 is 34.3 Å². The summed E-state index contributed by atoms with van der Waals surface area (Å²) in [5.74, 6) is 2.33. The lowest BCUT2D eigenvalue weighted by molar-refractivity contribution is 0.290. The summed E-state index contributed by atoms with van der Waals surface area (Å²) in [6.07, 6.45) is 0. The topological polar surface area (TPSA) is 85.7 Å². The molecule has 0 aliphatic heterocycles. The molecule has 29 heavy (non-hydrogen) atoms. The van der Waals surface area contributed by atoms with Crippen LogP contribution >= 0.6 is 23.4 Å². The zero-order chi connectivity index (χ0) is 20.4. The van der Waals surface area contributed by atoms with Gasteiger partial charge in [0.1, 0.15) is 18.2 Å². The van der Waals surface area contributed by atoms with Crippen LogP contribution in [0.5, 0.6) is 5.75 Å². The molecule has 2 aromatic carbocycles. The van der Waals surface area contributed by atoms with Gasteiger partial charge in [-0.3, -0.25) is 4.79 Å². The van der Waals surface area contributed by atoms with Crippen molar-refractivity contribution in [2.24, 2.45) is 7.05 Å². The van der Waals surface area contributed by atoms with Crippen LogP contribution in [0.3, 0.4) is 0 Å². The molecule has 0 aliphatic carbocycles. The number of para-hydroxylation sites is 2. The number of aromatic amines is 1. The fourth-order valence-corrected chi connectivity index (χ4v) is 3.84. The maximum atomic E-state index is 12.3. The van der Waals surface area contributed by atoms with Gasteiger partial charge < -0.3 is 14.3 Å². The van der Waals surface area contributed by atoms with Gasteiger partial charge in [0.15, 0.2) is 11.0 Å². The van der Waals surface area contributed by atoms with Gasteiger partial charge in [-0.25, -0.2) is 4.98 Å². The quantitative estimate of drug-likeness (QED) is 0.470. The zero-order valence-electron chi connectivity index (χ0n) is 15.8. The van der Waals surface area contributed by atoms with E-state index in [4.69, 9.17) is 16.3 Å². The lowest BCUT2D eigenvalue weighted by atomic mass is 10.1. The maximum absolute atomic E-state index is 12.3. The van der Waals surface area contributed by atoms with E-state index in [9.17, 15) is 4.79 Å². The van der Waals surface area contributed by atoms with Crippen LogP contribution < -0.4 is 10.3 Å². The number of H-pyrrole nitrogens is 1. The number of benzene rings is 2. The summed E-state index contributed by atoms with van der Waals surface area (Å²) in [6.45, 7) is 2.19. The number of rotatable bonds is 6. The predicted octanol–water partition coefficient (Wildman–Crippen LogP) is 3.88. The average Bonchev–Trinajstić information content (AvgIpc) is 3.06. The first-order valence-electron chi connectivity index (χ1n) is 8.90. The van der Waals surface area contributed by atoms with Crippen LogP contribution in [0.4, 0.5) is 0 Å². The van der Waals surface area contributed by atoms with Crippen LogP contribution in [0.25, 0.3) is 10.9 Å². The summed E-state index contributed by atoms with van der Waals surface area (Å²) in [5, 5.41) is 10.2. The zero-order valence-corrected chi connectivity index (χ0v) is 17.4. The van der Waals surface area contributed by atoms with Crippen LogP contribution in [0.1, 0.15) is 17.2 Å². The standard InChI is InChI=1S/C20H18ClN5O2S/c1-12-6-5-7-13-18(12)22-16(23-19(13)27)11-29-20-25-24-17(26(20)2)10-28-15-9-4-3-8-14(15)21/h3-9H,10-11H2,1-2H3,(H,22,23,27). The van der Waals surface area contributed by atoms with Gasteiger partial charge in [-0.2, -0.15) is 0 Å². The Morgan fingerprint density at radius 2 is 2.00 bits per heavy atom. The van der Waals surface area contributed by atoms with Crippen LogP contribution in [-0.2, 0) is 19.4 Å². The molecule has 0 fully saturated rings. The Bertz CT molecular complexity index is 1240. The average molecular weight is 428 g/mol. The first-order valence-corrected chi connectivity index (χ1v) is 10.3. The minimum atomic E-state index is -0.138. The molecule has 0 spiro atoms. The first-order chi connectivity index (χ1) is 14.0. The van der Waals surface area contributed by atoms with Crippen LogP contribution in [-0.4, -0.2) is 24.7 Å². The molecule has 0 atom stereocenters. The molecule has 148 valence electrons. The van der Waals surface area contributed by atoms with E-state index in [2.05, 4.69) is 20.2 Å². The van der Waals surface area contributed by atoms with Crippen LogP contribution in [0, 0.1) is 6.92 Å². The molecule has 4 rings (SSSR count). The van der Waals surface area contributed by atoms with Gasteiger partial charge in [-0.1, -0.05) is 47.6 Å². The molecule has 0 saturated heterocycles. The Balaban J connectivity index is 1.47. The van der Waals surface area contributed by atoms with Gasteiger partial charge in [0.2, 0.25) is 0 Å². The van der Waals surface area contributed by atoms with Crippen LogP contribution in [0.15, 0.2) is 52.4 Å². The molecular formula is C20H18ClN5O2S. The van der Waals surface area contributed by atoms with Crippen molar-refractivity contribution in [3.05, 3.63) is 75.1 Å². The summed E-state index contributed by atoms with van der Waals surface area (Å²) in [7, 11) is 1.87. The van der Waals surface area contributed by atoms with Gasteiger partial charge in [-0.15, -0.1) is 10.2 Å². The van der Waals surface area contributed by atoms with Crippen molar-refractivity contribution in [3.63, 3.8) is 0 Å². The monoisotopic (exact) mass is 427 g/mol. The van der Waals surface area contributed by atoms with Crippen molar-refractivity contribution in [1.82, 2.24) is 24.7 Å². The first kappa shape index (κ1) is 19.5. The summed E-state index contributed by atoms with van der Waals surface area (Å²) in [5.41, 5.74) is 1.55. The normalized spacial score (nSPS) is 11.1. The van der Waals surface area contributed by atoms with E-state index >= 15 is 0 Å². The third kappa shape index (κ3) is 4.13. The van der Waals surface area contributed by atoms with Crippen molar-refractivity contribution in [2.45, 2.75) is 24.4 Å². The molecule has 2 aromatic heterocycles. The number of aromatic nitrogens is 5. The van der Waals surface area contributed by atoms with E-state index < -0.39 is 0 Å². The molecule has 0 aliphatic rings. The van der Waals surface area contributed by atoms with Crippen molar-refractivity contribution < 1.29 is 4.74 Å². The van der Waals surface area contributed by atoms with E-state index in [0.29, 0.717) is 38.7 Å². The number of ether oxygens (including phenoxy) is 1. The Morgan fingerprint density at radius 1 is 1.17 bits per heavy atom. The number of fused-ring (bicyclic) bond motifs is 1. The number of nitrogens with one attached hydrogen (secondary N) is 1. The summed E-state index contributed by atoms with van der Waals surface area (Å²) < 4.78 is 7.59. The third-order valence-corrected chi connectivity index (χ3v) is 5.79. The van der Waals surface area contributed by atoms with Crippen molar-refractivity contribution in [1.29, 1.82) is 0 Å². The molecule has 1 N–H and O–H groups in total. The highest BCUT2D eigenvalue weighted by Crippen LogP contribution is 2.25. The largest absolute Gasteiger partial charge is 0.484 e. The second-order valence-corrected chi connectivity index (χ2v) is 7.80. The van der Waals surface area contributed by atoms with E-state index in [1.807, 2.05) is 42.8 Å². The second-order valence-electron chi connectivity index (χ2n) is 6.45. The molecule has 0 amide bonds. The van der Waals surface area contributed by atoms with E-state index in [1.54, 1.807) is 18.2 Å². The fourth-order valence-electron chi connectivity index (χ4n) is 2.85. The highest BCUT2D eigenvalue weighted by molar-refractivity contribution is 7.98. The number of thioether (sulfide) groups is 1. The Labute approximate surface area is 176 Å². The maximum Gasteiger partial charge on any atom is 0.258 e. The lowest BCUT2D eigenvalue weighted by Crippen LogP contribution is -2.12. The third-order valence-electron chi connectivity index (χ3n) is 4.44. The Morgan fingerprint density at radius 3 is 2.83 bits per heavy atom. The molecule has 0 bridgehead atoms. The number of hydrogen-bond donors (Lipinski definition) is 1. The molecule has 2 heterocycles. The Hall–Kier alpha value is -2.84. The van der Waals surface area contributed by atoms with Crippen molar-refractivity contribution in [2.75, 3.05) is 0 Å². The smallest absolute Gasteiger partial charge is 0.258 e.